The van der Waals surface area contributed by atoms with Gasteiger partial charge in [-0.25, -0.2) is 22.7 Å². The molecule has 24 heteroatoms. The number of methoxy groups -OCH3 is 1. The average Bonchev–Trinajstić information content (AvgIpc) is 1.49. The number of rotatable bonds is 11. The van der Waals surface area contributed by atoms with E-state index < -0.39 is 0 Å². The molecule has 0 saturated heterocycles. The van der Waals surface area contributed by atoms with Gasteiger partial charge in [0.1, 0.15) is 5.75 Å². The van der Waals surface area contributed by atoms with E-state index in [4.69, 9.17) is 29.5 Å². The zero-order valence-electron chi connectivity index (χ0n) is 71.6. The maximum absolute atomic E-state index is 10.0. The number of aryl methyl sites for hydroxylation is 3. The number of ether oxygens (including phenoxy) is 1. The fourth-order valence-electron chi connectivity index (χ4n) is 11.9. The summed E-state index contributed by atoms with van der Waals surface area (Å²) in [6.07, 6.45) is 15.4. The number of pyridine rings is 8. The minimum absolute atomic E-state index is 0. The standard InChI is InChI=1S/C18H17N2.C16H11N2.C16H12N.2C14H10NS.C10H8NO2.3C5H8O2.6Ir/c1-18(2,3)15-12-17(13-8-10-19-11-9-13)20-16-7-5-4-6-14(15)16;1-2-4-13(5-3-1)15-8-11-18-16(12-15)14-6-9-17-10-7-14;1-12-11-16(13-7-3-2-4-8-13)17-15-10-6-5-9-14(12)15;2*1-10-9-13(14-7-4-8-16-14)15-12-6-3-2-5-11(10)12;1-12-8-4-5-11-9(7-8)10-3-2-6-13-10;3*1-4(6)3-5(2)7;;;;;;/h4-8,10-12H,1-3H3;1-6,8-12H;2-7,9-11H,1H3;2*2-6,8-9H,1H3;2,4-7H,1H3;3*3,6H,1-2H3;;;;;;/q6*-1;;;;;;;;;. The number of furan rings is 1. The molecule has 0 unspecified atom stereocenters. The van der Waals surface area contributed by atoms with Crippen LogP contribution in [0.2, 0.25) is 0 Å². The SMILES string of the molecule is CC(=O)C=C(C)O.CC(=O)C=C(C)O.CC(=O)C=C(C)O.CC(C)(C)c1cc(-c2[c-]cncc2)nc2ccccc12.COc1ccnc(-c2[c-]cco2)c1.Cc1cc(-c2[c-]cccc2)nc2ccccc12.Cc1cc(-c2[c-]ccs2)nc2ccccc12.Cc1cc(-c2[c-]ccs2)nc2ccccc12.[Ir].[Ir].[Ir].[Ir].[Ir].[Ir].[c-]1cnccc1-c1cc(-c2ccccc2)ccn1. The Balaban J connectivity index is 0.000000374. The first kappa shape index (κ1) is 111. The molecule has 6 radical (unpaired) electrons. The Morgan fingerprint density at radius 2 is 0.787 bits per heavy atom. The molecule has 0 atom stereocenters. The fraction of sp³-hybridized carbons (Fsp3) is 0.136. The van der Waals surface area contributed by atoms with E-state index in [2.05, 4.69) is 210 Å². The van der Waals surface area contributed by atoms with Gasteiger partial charge in [-0.15, -0.1) is 70.9 Å². The number of fused-ring (bicyclic) bond motifs is 4. The van der Waals surface area contributed by atoms with Crippen LogP contribution in [0.5, 0.6) is 5.75 Å². The summed E-state index contributed by atoms with van der Waals surface area (Å²) in [4.78, 5) is 67.5. The number of thiophene rings is 2. The van der Waals surface area contributed by atoms with Crippen molar-refractivity contribution >= 4 is 83.6 Å². The molecule has 664 valence electrons. The number of para-hydroxylation sites is 4. The van der Waals surface area contributed by atoms with E-state index in [1.54, 1.807) is 85.2 Å². The third-order valence-electron chi connectivity index (χ3n) is 17.2. The minimum Gasteiger partial charge on any atom is -0.545 e. The molecule has 17 rings (SSSR count). The first-order valence-corrected chi connectivity index (χ1v) is 40.2. The van der Waals surface area contributed by atoms with Gasteiger partial charge in [-0.1, -0.05) is 175 Å². The van der Waals surface area contributed by atoms with Crippen LogP contribution in [0.15, 0.2) is 325 Å². The van der Waals surface area contributed by atoms with Gasteiger partial charge in [0.2, 0.25) is 0 Å². The second-order valence-corrected chi connectivity index (χ2v) is 30.0. The van der Waals surface area contributed by atoms with Crippen LogP contribution in [0.3, 0.4) is 0 Å². The zero-order valence-corrected chi connectivity index (χ0v) is 87.6. The van der Waals surface area contributed by atoms with Crippen molar-refractivity contribution in [1.82, 2.24) is 39.9 Å². The summed E-state index contributed by atoms with van der Waals surface area (Å²) in [7, 11) is 1.62. The van der Waals surface area contributed by atoms with E-state index in [1.807, 2.05) is 132 Å². The number of carbonyl (C=O) groups is 3. The molecule has 16 nitrogen and oxygen atoms in total. The summed E-state index contributed by atoms with van der Waals surface area (Å²) in [6.45, 7) is 21.6. The van der Waals surface area contributed by atoms with E-state index in [-0.39, 0.29) is 161 Å². The van der Waals surface area contributed by atoms with Crippen molar-refractivity contribution in [3.05, 3.63) is 379 Å². The molecular weight excluding hydrogens is 2690 g/mol. The molecule has 0 amide bonds. The molecule has 0 fully saturated rings. The van der Waals surface area contributed by atoms with Crippen LogP contribution in [0.4, 0.5) is 0 Å². The summed E-state index contributed by atoms with van der Waals surface area (Å²) >= 11 is 3.35. The molecule has 11 heterocycles. The number of carbonyl (C=O) groups excluding carboxylic acids is 3. The number of benzene rings is 6. The summed E-state index contributed by atoms with van der Waals surface area (Å²) in [6, 6.07) is 95.7. The first-order valence-electron chi connectivity index (χ1n) is 38.4. The van der Waals surface area contributed by atoms with Crippen molar-refractivity contribution in [2.45, 2.75) is 88.5 Å². The van der Waals surface area contributed by atoms with Gasteiger partial charge in [0.25, 0.3) is 0 Å². The molecular formula is C103H92Ir6N8O8S2-6. The maximum atomic E-state index is 10.0. The summed E-state index contributed by atoms with van der Waals surface area (Å²) in [5, 5.41) is 34.0. The van der Waals surface area contributed by atoms with Crippen molar-refractivity contribution in [2.75, 3.05) is 7.11 Å². The molecule has 0 saturated carbocycles. The summed E-state index contributed by atoms with van der Waals surface area (Å²) in [5.74, 6) is 1.20. The number of nitrogens with zero attached hydrogens (tertiary/aromatic N) is 8. The molecule has 0 aliphatic carbocycles. The van der Waals surface area contributed by atoms with E-state index in [0.717, 1.165) is 94.0 Å². The fourth-order valence-corrected chi connectivity index (χ4v) is 13.2. The number of hydrogen-bond acceptors (Lipinski definition) is 18. The van der Waals surface area contributed by atoms with Gasteiger partial charge in [0.15, 0.2) is 17.3 Å². The van der Waals surface area contributed by atoms with Crippen LogP contribution < -0.4 is 4.74 Å². The third-order valence-corrected chi connectivity index (χ3v) is 18.9. The topological polar surface area (TPSA) is 237 Å². The average molecular weight is 2790 g/mol. The molecule has 6 aromatic carbocycles. The van der Waals surface area contributed by atoms with Gasteiger partial charge in [0, 0.05) is 184 Å². The molecule has 0 bridgehead atoms. The molecule has 17 aromatic rings. The van der Waals surface area contributed by atoms with Crippen LogP contribution in [0, 0.1) is 57.2 Å². The Labute approximate surface area is 832 Å². The van der Waals surface area contributed by atoms with E-state index in [9.17, 15) is 14.4 Å². The molecule has 0 spiro atoms. The quantitative estimate of drug-likeness (QED) is 0.0620. The van der Waals surface area contributed by atoms with Crippen LogP contribution in [0.1, 0.15) is 84.6 Å². The van der Waals surface area contributed by atoms with Crippen LogP contribution in [-0.2, 0) is 140 Å². The van der Waals surface area contributed by atoms with Crippen LogP contribution >= 0.6 is 22.7 Å². The number of aliphatic hydroxyl groups is 3. The van der Waals surface area contributed by atoms with Crippen LogP contribution in [0.25, 0.3) is 121 Å². The number of hydrogen-bond donors (Lipinski definition) is 3. The molecule has 3 N–H and O–H groups in total. The van der Waals surface area contributed by atoms with E-state index in [1.165, 1.54) is 109 Å². The zero-order chi connectivity index (χ0) is 86.6. The summed E-state index contributed by atoms with van der Waals surface area (Å²) < 4.78 is 10.2. The predicted octanol–water partition coefficient (Wildman–Crippen LogP) is 25.4. The van der Waals surface area contributed by atoms with Crippen molar-refractivity contribution in [3.8, 4) is 83.2 Å². The van der Waals surface area contributed by atoms with Crippen molar-refractivity contribution in [3.63, 3.8) is 0 Å². The van der Waals surface area contributed by atoms with E-state index in [0.29, 0.717) is 5.76 Å². The van der Waals surface area contributed by atoms with Crippen molar-refractivity contribution in [2.24, 2.45) is 0 Å². The van der Waals surface area contributed by atoms with Gasteiger partial charge < -0.3 is 49.4 Å². The Bertz CT molecular complexity index is 6040. The second kappa shape index (κ2) is 57.4. The number of aliphatic hydroxyl groups excluding tert-OH is 3. The normalized spacial score (nSPS) is 10.4. The Hall–Kier alpha value is -10.4. The molecule has 0 aliphatic rings. The van der Waals surface area contributed by atoms with Crippen molar-refractivity contribution < 1.29 is 159 Å². The minimum atomic E-state index is -0.125. The van der Waals surface area contributed by atoms with E-state index >= 15 is 0 Å². The predicted molar refractivity (Wildman–Crippen MR) is 491 cm³/mol. The second-order valence-electron chi connectivity index (χ2n) is 28.2. The number of aromatic nitrogens is 8. The first-order chi connectivity index (χ1) is 58.3. The smallest absolute Gasteiger partial charge is 0.155 e. The molecule has 11 aromatic heterocycles. The van der Waals surface area contributed by atoms with Gasteiger partial charge in [-0.05, 0) is 192 Å². The number of ketones is 3. The van der Waals surface area contributed by atoms with Gasteiger partial charge in [-0.3, -0.25) is 29.3 Å². The third kappa shape index (κ3) is 36.3. The largest absolute Gasteiger partial charge is 0.545 e. The Kier molecular flexibility index (Phi) is 50.0. The van der Waals surface area contributed by atoms with Gasteiger partial charge in [0.05, 0.1) is 46.5 Å². The maximum Gasteiger partial charge on any atom is 0.155 e. The monoisotopic (exact) mass is 2790 g/mol. The Morgan fingerprint density at radius 1 is 0.386 bits per heavy atom. The molecule has 127 heavy (non-hydrogen) atoms. The van der Waals surface area contributed by atoms with Gasteiger partial charge in [-0.2, -0.15) is 47.5 Å². The number of allylic oxidation sites excluding steroid dienone is 6. The van der Waals surface area contributed by atoms with Gasteiger partial charge >= 0.3 is 0 Å². The Morgan fingerprint density at radius 3 is 1.18 bits per heavy atom. The van der Waals surface area contributed by atoms with Crippen LogP contribution in [-0.4, -0.2) is 79.7 Å². The van der Waals surface area contributed by atoms with Crippen molar-refractivity contribution in [1.29, 1.82) is 0 Å². The molecule has 0 aliphatic heterocycles. The summed E-state index contributed by atoms with van der Waals surface area (Å²) in [5.41, 5.74) is 20.3.